The van der Waals surface area contributed by atoms with Crippen molar-refractivity contribution in [2.75, 3.05) is 62.4 Å². The average molecular weight is 294 g/mol. The number of morpholine rings is 2. The maximum atomic E-state index is 11.4. The van der Waals surface area contributed by atoms with Crippen LogP contribution in [0.3, 0.4) is 0 Å². The lowest BCUT2D eigenvalue weighted by molar-refractivity contribution is 0.0695. The van der Waals surface area contributed by atoms with Gasteiger partial charge in [0.1, 0.15) is 11.4 Å². The largest absolute Gasteiger partial charge is 0.477 e. The third-order valence-corrected chi connectivity index (χ3v) is 3.59. The van der Waals surface area contributed by atoms with Crippen LogP contribution in [0.25, 0.3) is 0 Å². The summed E-state index contributed by atoms with van der Waals surface area (Å²) >= 11 is 0. The van der Waals surface area contributed by atoms with Gasteiger partial charge in [0.2, 0.25) is 5.95 Å². The number of nitrogens with zero attached hydrogens (tertiary/aromatic N) is 4. The average Bonchev–Trinajstić information content (AvgIpc) is 2.56. The van der Waals surface area contributed by atoms with E-state index in [9.17, 15) is 9.90 Å². The van der Waals surface area contributed by atoms with Crippen molar-refractivity contribution in [3.63, 3.8) is 0 Å². The molecule has 0 unspecified atom stereocenters. The Morgan fingerprint density at radius 1 is 1.05 bits per heavy atom. The quantitative estimate of drug-likeness (QED) is 0.823. The Balaban J connectivity index is 1.91. The second-order valence-electron chi connectivity index (χ2n) is 4.91. The zero-order valence-corrected chi connectivity index (χ0v) is 11.7. The predicted molar refractivity (Wildman–Crippen MR) is 75.1 cm³/mol. The minimum absolute atomic E-state index is 0.133. The molecule has 0 radical (unpaired) electrons. The molecule has 0 aromatic carbocycles. The van der Waals surface area contributed by atoms with Gasteiger partial charge in [-0.3, -0.25) is 0 Å². The van der Waals surface area contributed by atoms with Gasteiger partial charge in [-0.2, -0.15) is 4.98 Å². The van der Waals surface area contributed by atoms with Crippen molar-refractivity contribution in [3.8, 4) is 0 Å². The predicted octanol–water partition coefficient (Wildman–Crippen LogP) is -0.152. The minimum atomic E-state index is -1.01. The first kappa shape index (κ1) is 14.0. The molecule has 2 fully saturated rings. The molecular formula is C13H18N4O4. The fourth-order valence-electron chi connectivity index (χ4n) is 2.45. The van der Waals surface area contributed by atoms with Crippen molar-refractivity contribution in [1.29, 1.82) is 0 Å². The number of anilines is 2. The smallest absolute Gasteiger partial charge is 0.341 e. The summed E-state index contributed by atoms with van der Waals surface area (Å²) in [6.45, 7) is 5.14. The molecule has 0 amide bonds. The van der Waals surface area contributed by atoms with Crippen LogP contribution >= 0.6 is 0 Å². The van der Waals surface area contributed by atoms with E-state index in [0.717, 1.165) is 13.1 Å². The lowest BCUT2D eigenvalue weighted by atomic mass is 10.2. The Kier molecular flexibility index (Phi) is 4.16. The van der Waals surface area contributed by atoms with Crippen LogP contribution in [0.1, 0.15) is 10.4 Å². The zero-order valence-electron chi connectivity index (χ0n) is 11.7. The highest BCUT2D eigenvalue weighted by molar-refractivity contribution is 5.93. The highest BCUT2D eigenvalue weighted by atomic mass is 16.5. The molecule has 2 aliphatic rings. The normalized spacial score (nSPS) is 19.6. The number of ether oxygens (including phenoxy) is 2. The van der Waals surface area contributed by atoms with Crippen LogP contribution in [-0.4, -0.2) is 73.7 Å². The maximum Gasteiger partial charge on any atom is 0.341 e. The molecule has 3 rings (SSSR count). The molecule has 2 saturated heterocycles. The van der Waals surface area contributed by atoms with E-state index in [-0.39, 0.29) is 5.56 Å². The van der Waals surface area contributed by atoms with Crippen LogP contribution < -0.4 is 9.80 Å². The van der Waals surface area contributed by atoms with Crippen LogP contribution in [-0.2, 0) is 9.47 Å². The van der Waals surface area contributed by atoms with Crippen molar-refractivity contribution in [2.24, 2.45) is 0 Å². The van der Waals surface area contributed by atoms with E-state index in [4.69, 9.17) is 9.47 Å². The highest BCUT2D eigenvalue weighted by Crippen LogP contribution is 2.22. The topological polar surface area (TPSA) is 88.0 Å². The van der Waals surface area contributed by atoms with Crippen LogP contribution in [0.4, 0.5) is 11.8 Å². The molecular weight excluding hydrogens is 276 g/mol. The van der Waals surface area contributed by atoms with E-state index in [0.29, 0.717) is 51.3 Å². The van der Waals surface area contributed by atoms with Crippen molar-refractivity contribution in [1.82, 2.24) is 9.97 Å². The molecule has 0 bridgehead atoms. The molecule has 21 heavy (non-hydrogen) atoms. The molecule has 3 heterocycles. The van der Waals surface area contributed by atoms with Gasteiger partial charge in [-0.15, -0.1) is 0 Å². The molecule has 0 aliphatic carbocycles. The number of aromatic carboxylic acids is 1. The standard InChI is InChI=1S/C13H18N4O4/c18-12(19)10-9-14-13(17-3-7-21-8-4-17)15-11(10)16-1-5-20-6-2-16/h9H,1-8H2,(H,18,19). The Morgan fingerprint density at radius 2 is 1.62 bits per heavy atom. The second-order valence-corrected chi connectivity index (χ2v) is 4.91. The number of rotatable bonds is 3. The monoisotopic (exact) mass is 294 g/mol. The summed E-state index contributed by atoms with van der Waals surface area (Å²) in [7, 11) is 0. The molecule has 0 saturated carbocycles. The van der Waals surface area contributed by atoms with Crippen LogP contribution in [0.5, 0.6) is 0 Å². The highest BCUT2D eigenvalue weighted by Gasteiger charge is 2.23. The van der Waals surface area contributed by atoms with Crippen molar-refractivity contribution in [2.45, 2.75) is 0 Å². The van der Waals surface area contributed by atoms with Gasteiger partial charge >= 0.3 is 5.97 Å². The van der Waals surface area contributed by atoms with Gasteiger partial charge in [0.15, 0.2) is 0 Å². The van der Waals surface area contributed by atoms with E-state index < -0.39 is 5.97 Å². The number of hydrogen-bond donors (Lipinski definition) is 1. The molecule has 1 aromatic rings. The van der Waals surface area contributed by atoms with E-state index >= 15 is 0 Å². The van der Waals surface area contributed by atoms with Crippen LogP contribution in [0.2, 0.25) is 0 Å². The van der Waals surface area contributed by atoms with Crippen molar-refractivity contribution < 1.29 is 19.4 Å². The second kappa shape index (κ2) is 6.23. The molecule has 0 atom stereocenters. The Labute approximate surface area is 122 Å². The molecule has 0 spiro atoms. The van der Waals surface area contributed by atoms with Crippen molar-refractivity contribution >= 4 is 17.7 Å². The van der Waals surface area contributed by atoms with E-state index in [2.05, 4.69) is 9.97 Å². The van der Waals surface area contributed by atoms with Gasteiger partial charge in [0.05, 0.1) is 26.4 Å². The number of carboxylic acid groups (broad SMARTS) is 1. The van der Waals surface area contributed by atoms with E-state index in [1.165, 1.54) is 6.20 Å². The fourth-order valence-corrected chi connectivity index (χ4v) is 2.45. The van der Waals surface area contributed by atoms with Crippen LogP contribution in [0, 0.1) is 0 Å². The van der Waals surface area contributed by atoms with Gasteiger partial charge in [-0.05, 0) is 0 Å². The summed E-state index contributed by atoms with van der Waals surface area (Å²) < 4.78 is 10.6. The molecule has 1 aromatic heterocycles. The van der Waals surface area contributed by atoms with Gasteiger partial charge in [-0.1, -0.05) is 0 Å². The summed E-state index contributed by atoms with van der Waals surface area (Å²) in [5, 5.41) is 9.33. The number of carbonyl (C=O) groups is 1. The molecule has 8 nitrogen and oxygen atoms in total. The summed E-state index contributed by atoms with van der Waals surface area (Å²) in [5.41, 5.74) is 0.133. The summed E-state index contributed by atoms with van der Waals surface area (Å²) in [6, 6.07) is 0. The van der Waals surface area contributed by atoms with Gasteiger partial charge in [0, 0.05) is 32.4 Å². The summed E-state index contributed by atoms with van der Waals surface area (Å²) in [5.74, 6) is 0.0251. The third-order valence-electron chi connectivity index (χ3n) is 3.59. The lowest BCUT2D eigenvalue weighted by Gasteiger charge is -2.31. The SMILES string of the molecule is O=C(O)c1cnc(N2CCOCC2)nc1N1CCOCC1. The maximum absolute atomic E-state index is 11.4. The Hall–Kier alpha value is -1.93. The fraction of sp³-hybridized carbons (Fsp3) is 0.615. The number of aromatic nitrogens is 2. The first-order valence-electron chi connectivity index (χ1n) is 7.01. The van der Waals surface area contributed by atoms with Gasteiger partial charge < -0.3 is 24.4 Å². The Morgan fingerprint density at radius 3 is 2.19 bits per heavy atom. The lowest BCUT2D eigenvalue weighted by Crippen LogP contribution is -2.40. The molecule has 8 heteroatoms. The molecule has 114 valence electrons. The minimum Gasteiger partial charge on any atom is -0.477 e. The summed E-state index contributed by atoms with van der Waals surface area (Å²) in [6.07, 6.45) is 1.39. The van der Waals surface area contributed by atoms with Crippen molar-refractivity contribution in [3.05, 3.63) is 11.8 Å². The number of hydrogen-bond acceptors (Lipinski definition) is 7. The van der Waals surface area contributed by atoms with Crippen LogP contribution in [0.15, 0.2) is 6.20 Å². The zero-order chi connectivity index (χ0) is 14.7. The first-order valence-corrected chi connectivity index (χ1v) is 7.01. The first-order chi connectivity index (χ1) is 10.3. The van der Waals surface area contributed by atoms with E-state index in [1.54, 1.807) is 0 Å². The molecule has 2 aliphatic heterocycles. The van der Waals surface area contributed by atoms with E-state index in [1.807, 2.05) is 9.80 Å². The number of carboxylic acids is 1. The van der Waals surface area contributed by atoms with Gasteiger partial charge in [0.25, 0.3) is 0 Å². The van der Waals surface area contributed by atoms with Gasteiger partial charge in [-0.25, -0.2) is 9.78 Å². The Bertz CT molecular complexity index is 513. The third kappa shape index (κ3) is 3.06. The molecule has 1 N–H and O–H groups in total. The summed E-state index contributed by atoms with van der Waals surface area (Å²) in [4.78, 5) is 24.0.